The van der Waals surface area contributed by atoms with Crippen LogP contribution in [0.5, 0.6) is 0 Å². The average Bonchev–Trinajstić information content (AvgIpc) is 2.52. The van der Waals surface area contributed by atoms with Crippen LogP contribution in [0.25, 0.3) is 0 Å². The normalized spacial score (nSPS) is 15.7. The molecule has 0 rings (SSSR count). The Morgan fingerprint density at radius 2 is 1.70 bits per heavy atom. The molecule has 0 bridgehead atoms. The lowest BCUT2D eigenvalue weighted by atomic mass is 9.89. The molecular formula is C22H45P. The molecule has 0 aromatic rings. The van der Waals surface area contributed by atoms with E-state index in [1.165, 1.54) is 70.1 Å². The van der Waals surface area contributed by atoms with Crippen molar-refractivity contribution in [3.8, 4) is 0 Å². The van der Waals surface area contributed by atoms with Gasteiger partial charge in [0.05, 0.1) is 0 Å². The minimum absolute atomic E-state index is 0.865. The fourth-order valence-corrected chi connectivity index (χ4v) is 4.90. The van der Waals surface area contributed by atoms with Crippen molar-refractivity contribution in [2.45, 2.75) is 99.3 Å². The highest BCUT2D eigenvalue weighted by Crippen LogP contribution is 2.25. The molecule has 0 aliphatic rings. The van der Waals surface area contributed by atoms with Crippen molar-refractivity contribution < 1.29 is 0 Å². The molecule has 3 unspecified atom stereocenters. The summed E-state index contributed by atoms with van der Waals surface area (Å²) in [6.07, 6.45) is 17.8. The quantitative estimate of drug-likeness (QED) is 0.161. The molecule has 0 spiro atoms. The Hall–Kier alpha value is 0.170. The lowest BCUT2D eigenvalue weighted by Gasteiger charge is -2.18. The summed E-state index contributed by atoms with van der Waals surface area (Å²) in [6.45, 7) is 14.1. The van der Waals surface area contributed by atoms with E-state index in [2.05, 4.69) is 47.6 Å². The van der Waals surface area contributed by atoms with Crippen LogP contribution < -0.4 is 0 Å². The van der Waals surface area contributed by atoms with Gasteiger partial charge in [-0.25, -0.2) is 0 Å². The van der Waals surface area contributed by atoms with Gasteiger partial charge < -0.3 is 0 Å². The molecule has 0 aromatic carbocycles. The summed E-state index contributed by atoms with van der Waals surface area (Å²) in [7, 11) is 1.15. The predicted molar refractivity (Wildman–Crippen MR) is 112 cm³/mol. The Balaban J connectivity index is 3.67. The van der Waals surface area contributed by atoms with E-state index in [4.69, 9.17) is 0 Å². The highest BCUT2D eigenvalue weighted by molar-refractivity contribution is 7.38. The van der Waals surface area contributed by atoms with Gasteiger partial charge in [0.2, 0.25) is 0 Å². The number of hydrogen-bond acceptors (Lipinski definition) is 0. The van der Waals surface area contributed by atoms with Crippen molar-refractivity contribution in [1.29, 1.82) is 0 Å². The third kappa shape index (κ3) is 13.2. The van der Waals surface area contributed by atoms with E-state index in [1.807, 2.05) is 0 Å². The Morgan fingerprint density at radius 1 is 0.957 bits per heavy atom. The monoisotopic (exact) mass is 340 g/mol. The standard InChI is InChI=1S/C22H45P/c1-7-13-20(6)14-10-11-15-21(8-2)18-23-17-12-16-22(9-3)19(4)5/h8,19-20,22-23H,7,9-18H2,1-6H3. The maximum Gasteiger partial charge on any atom is -0.0142 e. The Bertz CT molecular complexity index is 280. The highest BCUT2D eigenvalue weighted by Gasteiger charge is 2.10. The topological polar surface area (TPSA) is 0 Å². The van der Waals surface area contributed by atoms with Crippen LogP contribution in [-0.4, -0.2) is 12.3 Å². The molecular weight excluding hydrogens is 295 g/mol. The summed E-state index contributed by atoms with van der Waals surface area (Å²) in [5.74, 6) is 2.75. The third-order valence-corrected chi connectivity index (χ3v) is 6.79. The zero-order chi connectivity index (χ0) is 17.5. The van der Waals surface area contributed by atoms with Gasteiger partial charge in [-0.1, -0.05) is 78.4 Å². The summed E-state index contributed by atoms with van der Waals surface area (Å²) in [4.78, 5) is 0. The van der Waals surface area contributed by atoms with E-state index in [1.54, 1.807) is 5.57 Å². The first kappa shape index (κ1) is 23.2. The van der Waals surface area contributed by atoms with E-state index >= 15 is 0 Å². The van der Waals surface area contributed by atoms with Gasteiger partial charge in [-0.2, -0.15) is 0 Å². The third-order valence-electron chi connectivity index (χ3n) is 5.38. The molecule has 0 aliphatic carbocycles. The van der Waals surface area contributed by atoms with E-state index in [0.717, 1.165) is 26.3 Å². The van der Waals surface area contributed by atoms with Gasteiger partial charge in [-0.15, -0.1) is 8.58 Å². The van der Waals surface area contributed by atoms with E-state index in [0.29, 0.717) is 0 Å². The van der Waals surface area contributed by atoms with Crippen LogP contribution in [0.3, 0.4) is 0 Å². The van der Waals surface area contributed by atoms with E-state index in [-0.39, 0.29) is 0 Å². The lowest BCUT2D eigenvalue weighted by Crippen LogP contribution is -2.07. The van der Waals surface area contributed by atoms with Crippen molar-refractivity contribution >= 4 is 8.58 Å². The summed E-state index contributed by atoms with van der Waals surface area (Å²) in [5.41, 5.74) is 1.72. The van der Waals surface area contributed by atoms with Crippen LogP contribution in [0.15, 0.2) is 11.6 Å². The number of unbranched alkanes of at least 4 members (excludes halogenated alkanes) is 1. The SMILES string of the molecule is CC=C(CCCCC(C)CCC)CPCCCC(CC)C(C)C. The van der Waals surface area contributed by atoms with Crippen molar-refractivity contribution in [1.82, 2.24) is 0 Å². The maximum atomic E-state index is 2.42. The second kappa shape index (κ2) is 15.7. The Kier molecular flexibility index (Phi) is 15.8. The Morgan fingerprint density at radius 3 is 2.26 bits per heavy atom. The van der Waals surface area contributed by atoms with Crippen molar-refractivity contribution in [3.63, 3.8) is 0 Å². The highest BCUT2D eigenvalue weighted by atomic mass is 31.1. The molecule has 0 aromatic heterocycles. The molecule has 0 fully saturated rings. The zero-order valence-electron chi connectivity index (χ0n) is 17.1. The minimum Gasteiger partial charge on any atom is -0.118 e. The average molecular weight is 341 g/mol. The van der Waals surface area contributed by atoms with Crippen molar-refractivity contribution in [3.05, 3.63) is 11.6 Å². The molecule has 3 atom stereocenters. The smallest absolute Gasteiger partial charge is 0.0142 e. The molecule has 0 N–H and O–H groups in total. The molecule has 0 nitrogen and oxygen atoms in total. The largest absolute Gasteiger partial charge is 0.118 e. The Labute approximate surface area is 150 Å². The zero-order valence-corrected chi connectivity index (χ0v) is 18.1. The fraction of sp³-hybridized carbons (Fsp3) is 0.909. The fourth-order valence-electron chi connectivity index (χ4n) is 3.56. The second-order valence-corrected chi connectivity index (χ2v) is 9.17. The molecule has 23 heavy (non-hydrogen) atoms. The number of rotatable bonds is 15. The lowest BCUT2D eigenvalue weighted by molar-refractivity contribution is 0.347. The number of allylic oxidation sites excluding steroid dienone is 2. The molecule has 0 saturated carbocycles. The maximum absolute atomic E-state index is 2.42. The van der Waals surface area contributed by atoms with Gasteiger partial charge >= 0.3 is 0 Å². The van der Waals surface area contributed by atoms with Gasteiger partial charge in [-0.3, -0.25) is 0 Å². The first-order valence-corrected chi connectivity index (χ1v) is 11.8. The molecule has 0 heterocycles. The van der Waals surface area contributed by atoms with Gasteiger partial charge in [-0.05, 0) is 62.7 Å². The summed E-state index contributed by atoms with van der Waals surface area (Å²) >= 11 is 0. The molecule has 0 aliphatic heterocycles. The molecule has 0 saturated heterocycles. The van der Waals surface area contributed by atoms with Crippen LogP contribution in [-0.2, 0) is 0 Å². The van der Waals surface area contributed by atoms with E-state index < -0.39 is 0 Å². The summed E-state index contributed by atoms with van der Waals surface area (Å²) in [6, 6.07) is 0. The van der Waals surface area contributed by atoms with Crippen LogP contribution in [0.4, 0.5) is 0 Å². The van der Waals surface area contributed by atoms with Crippen molar-refractivity contribution in [2.24, 2.45) is 17.8 Å². The van der Waals surface area contributed by atoms with Gasteiger partial charge in [0.25, 0.3) is 0 Å². The van der Waals surface area contributed by atoms with Crippen LogP contribution in [0.1, 0.15) is 99.3 Å². The van der Waals surface area contributed by atoms with Crippen molar-refractivity contribution in [2.75, 3.05) is 12.3 Å². The molecule has 0 radical (unpaired) electrons. The predicted octanol–water partition coefficient (Wildman–Crippen LogP) is 8.07. The molecule has 0 amide bonds. The first-order chi connectivity index (χ1) is 11.0. The first-order valence-electron chi connectivity index (χ1n) is 10.4. The minimum atomic E-state index is 0.865. The number of hydrogen-bond donors (Lipinski definition) is 0. The summed E-state index contributed by atoms with van der Waals surface area (Å²) in [5, 5.41) is 0. The summed E-state index contributed by atoms with van der Waals surface area (Å²) < 4.78 is 0. The van der Waals surface area contributed by atoms with Gasteiger partial charge in [0.1, 0.15) is 0 Å². The van der Waals surface area contributed by atoms with Crippen LogP contribution in [0, 0.1) is 17.8 Å². The molecule has 1 heteroatoms. The molecule has 138 valence electrons. The van der Waals surface area contributed by atoms with E-state index in [9.17, 15) is 0 Å². The van der Waals surface area contributed by atoms with Crippen LogP contribution >= 0.6 is 8.58 Å². The second-order valence-electron chi connectivity index (χ2n) is 7.82. The van der Waals surface area contributed by atoms with Gasteiger partial charge in [0.15, 0.2) is 0 Å². The van der Waals surface area contributed by atoms with Crippen LogP contribution in [0.2, 0.25) is 0 Å². The van der Waals surface area contributed by atoms with Gasteiger partial charge in [0, 0.05) is 0 Å².